The van der Waals surface area contributed by atoms with Gasteiger partial charge in [0.2, 0.25) is 0 Å². The summed E-state index contributed by atoms with van der Waals surface area (Å²) in [4.78, 5) is 3.28. The fourth-order valence-electron chi connectivity index (χ4n) is 3.95. The maximum atomic E-state index is 10.8. The van der Waals surface area contributed by atoms with Gasteiger partial charge in [-0.05, 0) is 68.5 Å². The van der Waals surface area contributed by atoms with E-state index in [1.807, 2.05) is 42.6 Å². The molecule has 0 saturated carbocycles. The molecule has 0 bridgehead atoms. The van der Waals surface area contributed by atoms with Gasteiger partial charge < -0.3 is 20.1 Å². The van der Waals surface area contributed by atoms with Crippen LogP contribution in [0.2, 0.25) is 0 Å². The van der Waals surface area contributed by atoms with Gasteiger partial charge in [-0.2, -0.15) is 0 Å². The summed E-state index contributed by atoms with van der Waals surface area (Å²) in [6.45, 7) is 2.76. The highest BCUT2D eigenvalue weighted by Gasteiger charge is 2.18. The third-order valence-corrected chi connectivity index (χ3v) is 5.60. The van der Waals surface area contributed by atoms with E-state index in [1.54, 1.807) is 0 Å². The maximum Gasteiger partial charge on any atom is 0.120 e. The fourth-order valence-corrected chi connectivity index (χ4v) is 3.95. The molecule has 1 aromatic heterocycles. The summed E-state index contributed by atoms with van der Waals surface area (Å²) in [6.07, 6.45) is 5.85. The Labute approximate surface area is 160 Å². The van der Waals surface area contributed by atoms with Crippen molar-refractivity contribution in [2.24, 2.45) is 5.92 Å². The van der Waals surface area contributed by atoms with Gasteiger partial charge in [0, 0.05) is 22.7 Å². The second-order valence-electron chi connectivity index (χ2n) is 7.51. The Morgan fingerprint density at radius 3 is 2.70 bits per heavy atom. The summed E-state index contributed by atoms with van der Waals surface area (Å²) >= 11 is 0. The molecule has 0 radical (unpaired) electrons. The SMILES string of the molecule is OC(CCC1CCNCC1)c1c[nH]c2ccc(OCc3ccccc3)cc12. The number of piperidine rings is 1. The first-order valence-corrected chi connectivity index (χ1v) is 9.96. The Morgan fingerprint density at radius 1 is 1.07 bits per heavy atom. The summed E-state index contributed by atoms with van der Waals surface area (Å²) in [5, 5.41) is 15.2. The second kappa shape index (κ2) is 8.59. The molecule has 142 valence electrons. The number of hydrogen-bond donors (Lipinski definition) is 3. The number of benzene rings is 2. The highest BCUT2D eigenvalue weighted by atomic mass is 16.5. The van der Waals surface area contributed by atoms with E-state index in [9.17, 15) is 5.11 Å². The minimum absolute atomic E-state index is 0.432. The van der Waals surface area contributed by atoms with Crippen molar-refractivity contribution >= 4 is 10.9 Å². The number of aromatic nitrogens is 1. The van der Waals surface area contributed by atoms with Gasteiger partial charge in [0.25, 0.3) is 0 Å². The number of ether oxygens (including phenoxy) is 1. The lowest BCUT2D eigenvalue weighted by atomic mass is 9.90. The van der Waals surface area contributed by atoms with E-state index in [0.29, 0.717) is 6.61 Å². The van der Waals surface area contributed by atoms with Gasteiger partial charge in [-0.15, -0.1) is 0 Å². The molecule has 4 heteroatoms. The molecule has 4 nitrogen and oxygen atoms in total. The van der Waals surface area contributed by atoms with E-state index in [0.717, 1.165) is 59.6 Å². The molecular formula is C23H28N2O2. The van der Waals surface area contributed by atoms with Gasteiger partial charge in [0.05, 0.1) is 6.10 Å². The number of aliphatic hydroxyl groups is 1. The molecule has 2 aromatic carbocycles. The van der Waals surface area contributed by atoms with Crippen molar-refractivity contribution < 1.29 is 9.84 Å². The Kier molecular flexibility index (Phi) is 5.75. The van der Waals surface area contributed by atoms with Crippen LogP contribution in [0.4, 0.5) is 0 Å². The lowest BCUT2D eigenvalue weighted by molar-refractivity contribution is 0.154. The van der Waals surface area contributed by atoms with Crippen molar-refractivity contribution in [3.05, 3.63) is 65.9 Å². The number of aromatic amines is 1. The molecule has 27 heavy (non-hydrogen) atoms. The van der Waals surface area contributed by atoms with Crippen molar-refractivity contribution in [2.45, 2.75) is 38.4 Å². The summed E-state index contributed by atoms with van der Waals surface area (Å²) in [7, 11) is 0. The number of fused-ring (bicyclic) bond motifs is 1. The average molecular weight is 364 g/mol. The molecule has 0 aliphatic carbocycles. The monoisotopic (exact) mass is 364 g/mol. The van der Waals surface area contributed by atoms with E-state index in [2.05, 4.69) is 22.4 Å². The van der Waals surface area contributed by atoms with Gasteiger partial charge in [0.1, 0.15) is 12.4 Å². The quantitative estimate of drug-likeness (QED) is 0.576. The topological polar surface area (TPSA) is 57.3 Å². The molecule has 3 aromatic rings. The molecule has 1 aliphatic rings. The summed E-state index contributed by atoms with van der Waals surface area (Å²) in [5.41, 5.74) is 3.16. The lowest BCUT2D eigenvalue weighted by Gasteiger charge is -2.23. The fraction of sp³-hybridized carbons (Fsp3) is 0.391. The van der Waals surface area contributed by atoms with Crippen LogP contribution in [0.25, 0.3) is 10.9 Å². The lowest BCUT2D eigenvalue weighted by Crippen LogP contribution is -2.27. The zero-order chi connectivity index (χ0) is 18.5. The predicted molar refractivity (Wildman–Crippen MR) is 109 cm³/mol. The highest BCUT2D eigenvalue weighted by molar-refractivity contribution is 5.85. The Hall–Kier alpha value is -2.30. The third kappa shape index (κ3) is 4.52. The number of aliphatic hydroxyl groups excluding tert-OH is 1. The maximum absolute atomic E-state index is 10.8. The summed E-state index contributed by atoms with van der Waals surface area (Å²) in [6, 6.07) is 16.2. The molecule has 4 rings (SSSR count). The minimum Gasteiger partial charge on any atom is -0.489 e. The van der Waals surface area contributed by atoms with Crippen LogP contribution in [0.3, 0.4) is 0 Å². The smallest absolute Gasteiger partial charge is 0.120 e. The van der Waals surface area contributed by atoms with E-state index >= 15 is 0 Å². The molecule has 1 unspecified atom stereocenters. The van der Waals surface area contributed by atoms with E-state index in [1.165, 1.54) is 12.8 Å². The van der Waals surface area contributed by atoms with Crippen LogP contribution in [-0.4, -0.2) is 23.2 Å². The minimum atomic E-state index is -0.432. The molecule has 1 fully saturated rings. The second-order valence-corrected chi connectivity index (χ2v) is 7.51. The van der Waals surface area contributed by atoms with Gasteiger partial charge >= 0.3 is 0 Å². The van der Waals surface area contributed by atoms with Crippen LogP contribution in [0.15, 0.2) is 54.7 Å². The van der Waals surface area contributed by atoms with Crippen molar-refractivity contribution in [2.75, 3.05) is 13.1 Å². The number of hydrogen-bond acceptors (Lipinski definition) is 3. The normalized spacial score (nSPS) is 16.5. The number of nitrogens with one attached hydrogen (secondary N) is 2. The van der Waals surface area contributed by atoms with Crippen molar-refractivity contribution in [3.63, 3.8) is 0 Å². The molecule has 1 atom stereocenters. The van der Waals surface area contributed by atoms with E-state index < -0.39 is 6.10 Å². The summed E-state index contributed by atoms with van der Waals surface area (Å²) < 4.78 is 5.96. The van der Waals surface area contributed by atoms with Crippen LogP contribution in [0.1, 0.15) is 42.9 Å². The molecular weight excluding hydrogens is 336 g/mol. The molecule has 3 N–H and O–H groups in total. The van der Waals surface area contributed by atoms with Gasteiger partial charge in [-0.3, -0.25) is 0 Å². The molecule has 0 spiro atoms. The standard InChI is InChI=1S/C23H28N2O2/c26-23(9-6-17-10-12-24-13-11-17)21-15-25-22-8-7-19(14-20(21)22)27-16-18-4-2-1-3-5-18/h1-5,7-8,14-15,17,23-26H,6,9-13,16H2. The van der Waals surface area contributed by atoms with Gasteiger partial charge in [0.15, 0.2) is 0 Å². The van der Waals surface area contributed by atoms with Crippen LogP contribution in [-0.2, 0) is 6.61 Å². The number of rotatable bonds is 7. The largest absolute Gasteiger partial charge is 0.489 e. The van der Waals surface area contributed by atoms with Crippen LogP contribution >= 0.6 is 0 Å². The molecule has 1 saturated heterocycles. The first kappa shape index (κ1) is 18.1. The first-order valence-electron chi connectivity index (χ1n) is 9.96. The Bertz CT molecular complexity index is 853. The predicted octanol–water partition coefficient (Wildman–Crippen LogP) is 4.56. The van der Waals surface area contributed by atoms with Crippen molar-refractivity contribution in [3.8, 4) is 5.75 Å². The zero-order valence-corrected chi connectivity index (χ0v) is 15.7. The Morgan fingerprint density at radius 2 is 1.89 bits per heavy atom. The zero-order valence-electron chi connectivity index (χ0n) is 15.7. The van der Waals surface area contributed by atoms with Gasteiger partial charge in [-0.25, -0.2) is 0 Å². The van der Waals surface area contributed by atoms with E-state index in [4.69, 9.17) is 4.74 Å². The van der Waals surface area contributed by atoms with Crippen molar-refractivity contribution in [1.82, 2.24) is 10.3 Å². The van der Waals surface area contributed by atoms with Gasteiger partial charge in [-0.1, -0.05) is 30.3 Å². The highest BCUT2D eigenvalue weighted by Crippen LogP contribution is 2.32. The van der Waals surface area contributed by atoms with Crippen LogP contribution < -0.4 is 10.1 Å². The Balaban J connectivity index is 1.43. The first-order chi connectivity index (χ1) is 13.3. The third-order valence-electron chi connectivity index (χ3n) is 5.60. The van der Waals surface area contributed by atoms with Crippen LogP contribution in [0, 0.1) is 5.92 Å². The molecule has 2 heterocycles. The molecule has 1 aliphatic heterocycles. The van der Waals surface area contributed by atoms with Crippen molar-refractivity contribution in [1.29, 1.82) is 0 Å². The average Bonchev–Trinajstić information content (AvgIpc) is 3.15. The van der Waals surface area contributed by atoms with E-state index in [-0.39, 0.29) is 0 Å². The molecule has 0 amide bonds. The van der Waals surface area contributed by atoms with Crippen LogP contribution in [0.5, 0.6) is 5.75 Å². The number of H-pyrrole nitrogens is 1. The summed E-state index contributed by atoms with van der Waals surface area (Å²) in [5.74, 6) is 1.56.